The first kappa shape index (κ1) is 14.0. The molecule has 0 aromatic carbocycles. The van der Waals surface area contributed by atoms with Crippen LogP contribution in [-0.4, -0.2) is 24.0 Å². The zero-order valence-electron chi connectivity index (χ0n) is 11.1. The minimum absolute atomic E-state index is 0.235. The second kappa shape index (κ2) is 5.30. The number of ether oxygens (including phenoxy) is 1. The van der Waals surface area contributed by atoms with Gasteiger partial charge in [0.15, 0.2) is 0 Å². The number of hydrogen-bond donors (Lipinski definition) is 2. The molecule has 0 saturated heterocycles. The average Bonchev–Trinajstić information content (AvgIpc) is 3.11. The lowest BCUT2D eigenvalue weighted by Crippen LogP contribution is -2.50. The fraction of sp³-hybridized carbons (Fsp3) is 0.538. The zero-order valence-corrected chi connectivity index (χ0v) is 11.9. The number of nitrogens with one attached hydrogen (secondary N) is 1. The van der Waals surface area contributed by atoms with Gasteiger partial charge in [-0.2, -0.15) is 0 Å². The third kappa shape index (κ3) is 2.96. The number of carbonyl (C=O) groups is 2. The van der Waals surface area contributed by atoms with Crippen molar-refractivity contribution in [3.05, 3.63) is 17.0 Å². The Labute approximate surface area is 116 Å². The van der Waals surface area contributed by atoms with E-state index in [0.29, 0.717) is 17.2 Å². The molecule has 0 aliphatic heterocycles. The van der Waals surface area contributed by atoms with E-state index >= 15 is 0 Å². The molecular formula is C13H18N2O3S. The number of anilines is 1. The van der Waals surface area contributed by atoms with Gasteiger partial charge >= 0.3 is 5.97 Å². The third-order valence-corrected chi connectivity index (χ3v) is 4.13. The van der Waals surface area contributed by atoms with Crippen molar-refractivity contribution in [2.45, 2.75) is 32.2 Å². The summed E-state index contributed by atoms with van der Waals surface area (Å²) in [4.78, 5) is 23.9. The van der Waals surface area contributed by atoms with Gasteiger partial charge in [-0.15, -0.1) is 11.3 Å². The monoisotopic (exact) mass is 282 g/mol. The predicted octanol–water partition coefficient (Wildman–Crippen LogP) is 1.99. The van der Waals surface area contributed by atoms with Gasteiger partial charge in [0, 0.05) is 0 Å². The summed E-state index contributed by atoms with van der Waals surface area (Å²) in [6, 6.07) is 1.64. The molecule has 19 heavy (non-hydrogen) atoms. The lowest BCUT2D eigenvalue weighted by atomic mass is 9.96. The van der Waals surface area contributed by atoms with E-state index < -0.39 is 11.5 Å². The summed E-state index contributed by atoms with van der Waals surface area (Å²) < 4.78 is 4.94. The van der Waals surface area contributed by atoms with Crippen LogP contribution in [0.3, 0.4) is 0 Å². The molecule has 1 atom stereocenters. The van der Waals surface area contributed by atoms with E-state index in [1.807, 2.05) is 0 Å². The van der Waals surface area contributed by atoms with Gasteiger partial charge in [-0.1, -0.05) is 0 Å². The standard InChI is InChI=1S/C13H18N2O3S/c1-3-18-11(16)9-6-7-19-10(9)15-12(17)13(2,14)8-4-5-8/h6-8H,3-5,14H2,1-2H3,(H,15,17). The molecule has 3 N–H and O–H groups in total. The van der Waals surface area contributed by atoms with Gasteiger partial charge in [-0.25, -0.2) is 4.79 Å². The first-order valence-corrected chi connectivity index (χ1v) is 7.19. The van der Waals surface area contributed by atoms with Crippen LogP contribution in [0.4, 0.5) is 5.00 Å². The second-order valence-corrected chi connectivity index (χ2v) is 5.81. The summed E-state index contributed by atoms with van der Waals surface area (Å²) in [6.07, 6.45) is 1.96. The normalized spacial score (nSPS) is 17.6. The van der Waals surface area contributed by atoms with E-state index in [0.717, 1.165) is 12.8 Å². The fourth-order valence-electron chi connectivity index (χ4n) is 1.88. The summed E-state index contributed by atoms with van der Waals surface area (Å²) in [5.74, 6) is -0.439. The van der Waals surface area contributed by atoms with Gasteiger partial charge in [-0.05, 0) is 44.1 Å². The molecule has 1 heterocycles. The molecule has 0 radical (unpaired) electrons. The molecule has 2 rings (SSSR count). The summed E-state index contributed by atoms with van der Waals surface area (Å²) in [7, 11) is 0. The van der Waals surface area contributed by atoms with Crippen molar-refractivity contribution in [1.29, 1.82) is 0 Å². The summed E-state index contributed by atoms with van der Waals surface area (Å²) in [5, 5.41) is 4.99. The van der Waals surface area contributed by atoms with Crippen LogP contribution in [0.5, 0.6) is 0 Å². The minimum atomic E-state index is -0.879. The number of hydrogen-bond acceptors (Lipinski definition) is 5. The number of amides is 1. The highest BCUT2D eigenvalue weighted by atomic mass is 32.1. The van der Waals surface area contributed by atoms with Crippen LogP contribution in [0.1, 0.15) is 37.0 Å². The first-order valence-electron chi connectivity index (χ1n) is 6.31. The molecule has 0 bridgehead atoms. The summed E-state index contributed by atoms with van der Waals surface area (Å²) >= 11 is 1.29. The Balaban J connectivity index is 2.09. The Morgan fingerprint density at radius 2 is 2.26 bits per heavy atom. The van der Waals surface area contributed by atoms with Crippen LogP contribution < -0.4 is 11.1 Å². The maximum absolute atomic E-state index is 12.2. The Hall–Kier alpha value is -1.40. The molecule has 1 unspecified atom stereocenters. The lowest BCUT2D eigenvalue weighted by Gasteiger charge is -2.22. The van der Waals surface area contributed by atoms with Crippen LogP contribution in [0.15, 0.2) is 11.4 Å². The van der Waals surface area contributed by atoms with Gasteiger partial charge in [0.05, 0.1) is 17.7 Å². The molecule has 1 amide bonds. The summed E-state index contributed by atoms with van der Waals surface area (Å²) in [5.41, 5.74) is 5.55. The van der Waals surface area contributed by atoms with E-state index in [2.05, 4.69) is 5.32 Å². The molecule has 1 aliphatic rings. The molecule has 1 aromatic heterocycles. The number of carbonyl (C=O) groups excluding carboxylic acids is 2. The molecular weight excluding hydrogens is 264 g/mol. The maximum Gasteiger partial charge on any atom is 0.341 e. The molecule has 5 nitrogen and oxygen atoms in total. The zero-order chi connectivity index (χ0) is 14.0. The molecule has 0 spiro atoms. The van der Waals surface area contributed by atoms with Crippen LogP contribution in [0.2, 0.25) is 0 Å². The number of nitrogens with two attached hydrogens (primary N) is 1. The van der Waals surface area contributed by atoms with Crippen molar-refractivity contribution in [2.24, 2.45) is 11.7 Å². The molecule has 104 valence electrons. The highest BCUT2D eigenvalue weighted by Gasteiger charge is 2.44. The van der Waals surface area contributed by atoms with Gasteiger partial charge in [-0.3, -0.25) is 4.79 Å². The van der Waals surface area contributed by atoms with E-state index in [9.17, 15) is 9.59 Å². The van der Waals surface area contributed by atoms with Gasteiger partial charge < -0.3 is 15.8 Å². The summed E-state index contributed by atoms with van der Waals surface area (Å²) in [6.45, 7) is 3.78. The molecule has 1 saturated carbocycles. The second-order valence-electron chi connectivity index (χ2n) is 4.89. The van der Waals surface area contributed by atoms with Crippen molar-refractivity contribution < 1.29 is 14.3 Å². The largest absolute Gasteiger partial charge is 0.462 e. The third-order valence-electron chi connectivity index (χ3n) is 3.30. The number of thiophene rings is 1. The number of esters is 1. The average molecular weight is 282 g/mol. The molecule has 1 aromatic rings. The van der Waals surface area contributed by atoms with E-state index in [4.69, 9.17) is 10.5 Å². The molecule has 6 heteroatoms. The Morgan fingerprint density at radius 1 is 1.58 bits per heavy atom. The van der Waals surface area contributed by atoms with Crippen molar-refractivity contribution >= 4 is 28.2 Å². The highest BCUT2D eigenvalue weighted by molar-refractivity contribution is 7.14. The van der Waals surface area contributed by atoms with E-state index in [1.165, 1.54) is 11.3 Å². The Kier molecular flexibility index (Phi) is 3.91. The van der Waals surface area contributed by atoms with Crippen LogP contribution >= 0.6 is 11.3 Å². The van der Waals surface area contributed by atoms with Crippen molar-refractivity contribution in [1.82, 2.24) is 0 Å². The molecule has 1 fully saturated rings. The van der Waals surface area contributed by atoms with Crippen LogP contribution in [-0.2, 0) is 9.53 Å². The van der Waals surface area contributed by atoms with Gasteiger partial charge in [0.2, 0.25) is 5.91 Å². The number of rotatable bonds is 5. The van der Waals surface area contributed by atoms with Crippen LogP contribution in [0.25, 0.3) is 0 Å². The van der Waals surface area contributed by atoms with E-state index in [1.54, 1.807) is 25.3 Å². The first-order chi connectivity index (χ1) is 8.96. The SMILES string of the molecule is CCOC(=O)c1ccsc1NC(=O)C(C)(N)C1CC1. The van der Waals surface area contributed by atoms with Gasteiger partial charge in [0.25, 0.3) is 0 Å². The van der Waals surface area contributed by atoms with Gasteiger partial charge in [0.1, 0.15) is 5.00 Å². The highest BCUT2D eigenvalue weighted by Crippen LogP contribution is 2.39. The quantitative estimate of drug-likeness (QED) is 0.809. The van der Waals surface area contributed by atoms with Crippen LogP contribution in [0, 0.1) is 5.92 Å². The molecule has 1 aliphatic carbocycles. The van der Waals surface area contributed by atoms with Crippen molar-refractivity contribution in [3.8, 4) is 0 Å². The minimum Gasteiger partial charge on any atom is -0.462 e. The van der Waals surface area contributed by atoms with Crippen molar-refractivity contribution in [3.63, 3.8) is 0 Å². The van der Waals surface area contributed by atoms with E-state index in [-0.39, 0.29) is 11.8 Å². The topological polar surface area (TPSA) is 81.4 Å². The smallest absolute Gasteiger partial charge is 0.341 e. The predicted molar refractivity (Wildman–Crippen MR) is 74.2 cm³/mol. The Bertz CT molecular complexity index is 492. The fourth-order valence-corrected chi connectivity index (χ4v) is 2.65. The van der Waals surface area contributed by atoms with Crippen molar-refractivity contribution in [2.75, 3.05) is 11.9 Å². The Morgan fingerprint density at radius 3 is 2.84 bits per heavy atom. The maximum atomic E-state index is 12.2. The lowest BCUT2D eigenvalue weighted by molar-refractivity contribution is -0.121.